The van der Waals surface area contributed by atoms with Gasteiger partial charge in [0.2, 0.25) is 5.88 Å². The zero-order chi connectivity index (χ0) is 33.3. The van der Waals surface area contributed by atoms with Crippen LogP contribution in [0.5, 0.6) is 5.88 Å². The first-order valence-electron chi connectivity index (χ1n) is 16.8. The summed E-state index contributed by atoms with van der Waals surface area (Å²) in [6.45, 7) is 3.61. The van der Waals surface area contributed by atoms with Gasteiger partial charge in [-0.05, 0) is 98.7 Å². The molecule has 4 bridgehead atoms. The lowest BCUT2D eigenvalue weighted by atomic mass is 9.62. The lowest BCUT2D eigenvalue weighted by Gasteiger charge is -2.56. The standard InChI is InChI=1S/C36H35N7O5S/c1-20-31(40-41-43(20)19-36-16-21-13-22(17-36)15-24(14-21)48-36)26-9-10-30(38-33(26)47-35(45)46)42-12-11-23-5-4-6-25(27(23)18-42)32(44)39-34-37-28-7-2-3-8-29(28)49-34/h2-10,21-22,24H,11-19H2,1H3,(H,45,46)(H,37,39,44). The van der Waals surface area contributed by atoms with Crippen molar-refractivity contribution in [3.8, 4) is 17.1 Å². The summed E-state index contributed by atoms with van der Waals surface area (Å²) >= 11 is 1.43. The van der Waals surface area contributed by atoms with Crippen molar-refractivity contribution in [3.63, 3.8) is 0 Å². The molecular weight excluding hydrogens is 643 g/mol. The van der Waals surface area contributed by atoms with E-state index >= 15 is 0 Å². The van der Waals surface area contributed by atoms with E-state index in [0.717, 1.165) is 52.7 Å². The summed E-state index contributed by atoms with van der Waals surface area (Å²) in [4.78, 5) is 36.7. The van der Waals surface area contributed by atoms with Crippen LogP contribution in [0.3, 0.4) is 0 Å². The molecule has 5 aromatic rings. The van der Waals surface area contributed by atoms with Crippen LogP contribution >= 0.6 is 11.3 Å². The molecule has 2 N–H and O–H groups in total. The van der Waals surface area contributed by atoms with E-state index in [1.165, 1.54) is 17.8 Å². The largest absolute Gasteiger partial charge is 0.512 e. The smallest absolute Gasteiger partial charge is 0.449 e. The van der Waals surface area contributed by atoms with Crippen molar-refractivity contribution >= 4 is 44.6 Å². The van der Waals surface area contributed by atoms with Crippen LogP contribution in [0.15, 0.2) is 54.6 Å². The minimum Gasteiger partial charge on any atom is -0.449 e. The maximum Gasteiger partial charge on any atom is 0.512 e. The zero-order valence-corrected chi connectivity index (χ0v) is 27.8. The van der Waals surface area contributed by atoms with E-state index < -0.39 is 6.16 Å². The van der Waals surface area contributed by atoms with Crippen molar-refractivity contribution in [3.05, 3.63) is 77.0 Å². The number of hydrogen-bond acceptors (Lipinski definition) is 10. The molecule has 12 nitrogen and oxygen atoms in total. The van der Waals surface area contributed by atoms with Gasteiger partial charge in [0.1, 0.15) is 11.5 Å². The molecule has 49 heavy (non-hydrogen) atoms. The predicted octanol–water partition coefficient (Wildman–Crippen LogP) is 6.48. The highest BCUT2D eigenvalue weighted by Crippen LogP contribution is 2.53. The first-order valence-corrected chi connectivity index (χ1v) is 17.6. The van der Waals surface area contributed by atoms with Crippen molar-refractivity contribution < 1.29 is 24.2 Å². The molecule has 3 aliphatic heterocycles. The fourth-order valence-corrected chi connectivity index (χ4v) is 9.60. The molecule has 2 aromatic carbocycles. The Balaban J connectivity index is 0.976. The summed E-state index contributed by atoms with van der Waals surface area (Å²) in [5, 5.41) is 22.2. The highest BCUT2D eigenvalue weighted by atomic mass is 32.1. The summed E-state index contributed by atoms with van der Waals surface area (Å²) in [5.41, 5.74) is 4.95. The molecule has 2 atom stereocenters. The molecule has 2 saturated heterocycles. The van der Waals surface area contributed by atoms with Gasteiger partial charge >= 0.3 is 6.16 Å². The second-order valence-electron chi connectivity index (χ2n) is 13.9. The number of para-hydroxylation sites is 1. The molecule has 4 fully saturated rings. The number of carbonyl (C=O) groups is 2. The number of carboxylic acid groups (broad SMARTS) is 1. The molecule has 6 heterocycles. The fraction of sp³-hybridized carbons (Fsp3) is 0.389. The molecule has 13 heteroatoms. The Morgan fingerprint density at radius 1 is 1.06 bits per heavy atom. The maximum atomic E-state index is 13.5. The van der Waals surface area contributed by atoms with E-state index in [0.29, 0.717) is 71.8 Å². The zero-order valence-electron chi connectivity index (χ0n) is 27.0. The number of ether oxygens (including phenoxy) is 2. The van der Waals surface area contributed by atoms with Gasteiger partial charge < -0.3 is 19.5 Å². The fourth-order valence-electron chi connectivity index (χ4n) is 8.74. The second-order valence-corrected chi connectivity index (χ2v) is 14.9. The molecular formula is C36H35N7O5S. The van der Waals surface area contributed by atoms with Crippen molar-refractivity contribution in [1.29, 1.82) is 0 Å². The number of hydrogen-bond donors (Lipinski definition) is 2. The number of carbonyl (C=O) groups excluding carboxylic acids is 1. The third kappa shape index (κ3) is 5.50. The Morgan fingerprint density at radius 2 is 1.90 bits per heavy atom. The van der Waals surface area contributed by atoms with Crippen LogP contribution in [-0.2, 0) is 24.2 Å². The van der Waals surface area contributed by atoms with Gasteiger partial charge in [-0.3, -0.25) is 10.1 Å². The average molecular weight is 678 g/mol. The normalized spacial score (nSPS) is 23.9. The molecule has 0 spiro atoms. The Bertz CT molecular complexity index is 2060. The highest BCUT2D eigenvalue weighted by Gasteiger charge is 2.52. The molecule has 10 rings (SSSR count). The number of fused-ring (bicyclic) bond motifs is 2. The third-order valence-corrected chi connectivity index (χ3v) is 11.6. The minimum absolute atomic E-state index is 0.0566. The predicted molar refractivity (Wildman–Crippen MR) is 183 cm³/mol. The lowest BCUT2D eigenvalue weighted by molar-refractivity contribution is -0.226. The number of thiazole rings is 1. The SMILES string of the molecule is Cc1c(-c2ccc(N3CCc4cccc(C(=O)Nc5nc6ccccc6s5)c4C3)nc2OC(=O)O)nnn1CC12CC3CC(CC(C3)O1)C2. The first-order chi connectivity index (χ1) is 23.8. The van der Waals surface area contributed by atoms with Crippen LogP contribution in [0.1, 0.15) is 59.3 Å². The van der Waals surface area contributed by atoms with Crippen LogP contribution in [-0.4, -0.2) is 60.4 Å². The van der Waals surface area contributed by atoms with Crippen molar-refractivity contribution in [2.45, 2.75) is 70.2 Å². The monoisotopic (exact) mass is 677 g/mol. The number of rotatable bonds is 7. The minimum atomic E-state index is -1.46. The van der Waals surface area contributed by atoms with Gasteiger partial charge in [0.05, 0.1) is 39.7 Å². The van der Waals surface area contributed by atoms with Crippen LogP contribution in [0, 0.1) is 18.8 Å². The Hall–Kier alpha value is -4.88. The van der Waals surface area contributed by atoms with Gasteiger partial charge in [-0.2, -0.15) is 4.98 Å². The van der Waals surface area contributed by atoms with E-state index in [4.69, 9.17) is 14.5 Å². The molecule has 250 valence electrons. The second kappa shape index (κ2) is 11.6. The van der Waals surface area contributed by atoms with Gasteiger partial charge in [0, 0.05) is 18.7 Å². The van der Waals surface area contributed by atoms with Crippen molar-refractivity contribution in [2.75, 3.05) is 16.8 Å². The van der Waals surface area contributed by atoms with Gasteiger partial charge in [-0.1, -0.05) is 40.8 Å². The van der Waals surface area contributed by atoms with E-state index in [2.05, 4.69) is 20.6 Å². The van der Waals surface area contributed by atoms with Crippen molar-refractivity contribution in [2.24, 2.45) is 11.8 Å². The summed E-state index contributed by atoms with van der Waals surface area (Å²) in [6.07, 6.45) is 5.28. The van der Waals surface area contributed by atoms with E-state index in [1.54, 1.807) is 6.07 Å². The number of nitrogens with zero attached hydrogens (tertiary/aromatic N) is 6. The third-order valence-electron chi connectivity index (χ3n) is 10.7. The maximum absolute atomic E-state index is 13.5. The highest BCUT2D eigenvalue weighted by molar-refractivity contribution is 7.22. The molecule has 3 aromatic heterocycles. The van der Waals surface area contributed by atoms with E-state index in [1.807, 2.05) is 65.0 Å². The number of nitrogens with one attached hydrogen (secondary N) is 1. The Kier molecular flexibility index (Phi) is 7.16. The number of aromatic nitrogens is 5. The van der Waals surface area contributed by atoms with Gasteiger partial charge in [0.15, 0.2) is 5.13 Å². The molecule has 0 radical (unpaired) electrons. The molecule has 5 aliphatic rings. The van der Waals surface area contributed by atoms with Gasteiger partial charge in [-0.15, -0.1) is 5.10 Å². The summed E-state index contributed by atoms with van der Waals surface area (Å²) in [7, 11) is 0. The lowest BCUT2D eigenvalue weighted by Crippen LogP contribution is -2.56. The number of benzene rings is 2. The van der Waals surface area contributed by atoms with Crippen LogP contribution in [0.2, 0.25) is 0 Å². The summed E-state index contributed by atoms with van der Waals surface area (Å²) < 4.78 is 14.8. The Labute approximate surface area is 286 Å². The van der Waals surface area contributed by atoms with E-state index in [9.17, 15) is 14.7 Å². The average Bonchev–Trinajstić information content (AvgIpc) is 3.65. The van der Waals surface area contributed by atoms with Gasteiger partial charge in [0.25, 0.3) is 5.91 Å². The number of pyridine rings is 1. The van der Waals surface area contributed by atoms with Crippen molar-refractivity contribution in [1.82, 2.24) is 25.0 Å². The topological polar surface area (TPSA) is 145 Å². The summed E-state index contributed by atoms with van der Waals surface area (Å²) in [5.74, 6) is 1.69. The molecule has 2 unspecified atom stereocenters. The van der Waals surface area contributed by atoms with Crippen LogP contribution < -0.4 is 15.0 Å². The molecule has 2 aliphatic carbocycles. The van der Waals surface area contributed by atoms with Crippen LogP contribution in [0.4, 0.5) is 15.7 Å². The first kappa shape index (κ1) is 30.2. The molecule has 1 amide bonds. The van der Waals surface area contributed by atoms with Gasteiger partial charge in [-0.25, -0.2) is 14.5 Å². The van der Waals surface area contributed by atoms with Crippen LogP contribution in [0.25, 0.3) is 21.5 Å². The quantitative estimate of drug-likeness (QED) is 0.184. The molecule has 2 saturated carbocycles. The van der Waals surface area contributed by atoms with E-state index in [-0.39, 0.29) is 17.4 Å². The number of anilines is 2. The summed E-state index contributed by atoms with van der Waals surface area (Å²) in [6, 6.07) is 17.2. The Morgan fingerprint density at radius 3 is 2.69 bits per heavy atom. The number of amides is 1.